The van der Waals surface area contributed by atoms with Crippen LogP contribution in [0, 0.1) is 0 Å². The Morgan fingerprint density at radius 3 is 2.46 bits per heavy atom. The van der Waals surface area contributed by atoms with E-state index in [0.717, 1.165) is 0 Å². The fraction of sp³-hybridized carbons (Fsp3) is 0.429. The standard InChI is InChI=1S/C7H10BrO4P/c8-7(4-2-1-3-5-7)6(9)13(10,11)12/h1-4,6,9H,5H2,(H2,10,11,12). The number of rotatable bonds is 2. The number of aliphatic hydroxyl groups excluding tert-OH is 1. The van der Waals surface area contributed by atoms with E-state index in [1.807, 2.05) is 0 Å². The highest BCUT2D eigenvalue weighted by Gasteiger charge is 2.43. The minimum absolute atomic E-state index is 0.357. The molecule has 0 aromatic carbocycles. The van der Waals surface area contributed by atoms with Crippen molar-refractivity contribution in [3.8, 4) is 0 Å². The van der Waals surface area contributed by atoms with E-state index in [-0.39, 0.29) is 0 Å². The summed E-state index contributed by atoms with van der Waals surface area (Å²) >= 11 is 3.12. The van der Waals surface area contributed by atoms with Crippen molar-refractivity contribution in [2.75, 3.05) is 0 Å². The Morgan fingerprint density at radius 2 is 2.08 bits per heavy atom. The van der Waals surface area contributed by atoms with Crippen molar-refractivity contribution in [2.24, 2.45) is 0 Å². The SMILES string of the molecule is O=P(O)(O)C(O)C1(Br)C=CC=CC1. The van der Waals surface area contributed by atoms with Crippen molar-refractivity contribution in [2.45, 2.75) is 16.6 Å². The summed E-state index contributed by atoms with van der Waals surface area (Å²) in [5.41, 5.74) is 0. The van der Waals surface area contributed by atoms with E-state index in [1.54, 1.807) is 18.2 Å². The lowest BCUT2D eigenvalue weighted by Gasteiger charge is -2.30. The third kappa shape index (κ3) is 2.51. The maximum Gasteiger partial charge on any atom is 0.355 e. The fourth-order valence-corrected chi connectivity index (χ4v) is 2.97. The van der Waals surface area contributed by atoms with Gasteiger partial charge in [0.2, 0.25) is 0 Å². The molecule has 1 aliphatic rings. The Bertz CT molecular complexity index is 295. The van der Waals surface area contributed by atoms with E-state index in [4.69, 9.17) is 9.79 Å². The van der Waals surface area contributed by atoms with Gasteiger partial charge in [-0.05, 0) is 6.42 Å². The van der Waals surface area contributed by atoms with Crippen LogP contribution in [-0.4, -0.2) is 25.1 Å². The molecule has 1 rings (SSSR count). The minimum Gasteiger partial charge on any atom is -0.379 e. The molecule has 4 nitrogen and oxygen atoms in total. The average molecular weight is 269 g/mol. The van der Waals surface area contributed by atoms with Crippen molar-refractivity contribution >= 4 is 23.5 Å². The second kappa shape index (κ2) is 3.67. The maximum absolute atomic E-state index is 10.8. The van der Waals surface area contributed by atoms with Gasteiger partial charge >= 0.3 is 7.60 Å². The molecule has 0 aromatic heterocycles. The summed E-state index contributed by atoms with van der Waals surface area (Å²) in [7, 11) is -4.47. The Kier molecular flexibility index (Phi) is 3.15. The van der Waals surface area contributed by atoms with Gasteiger partial charge in [-0.15, -0.1) is 0 Å². The Labute approximate surface area is 84.3 Å². The van der Waals surface area contributed by atoms with Crippen LogP contribution in [0.2, 0.25) is 0 Å². The number of allylic oxidation sites excluding steroid dienone is 3. The lowest BCUT2D eigenvalue weighted by molar-refractivity contribution is 0.181. The highest BCUT2D eigenvalue weighted by atomic mass is 79.9. The summed E-state index contributed by atoms with van der Waals surface area (Å²) in [6.07, 6.45) is 7.02. The van der Waals surface area contributed by atoms with Crippen LogP contribution in [0.25, 0.3) is 0 Å². The third-order valence-corrected chi connectivity index (χ3v) is 4.27. The summed E-state index contributed by atoms with van der Waals surface area (Å²) < 4.78 is 9.75. The van der Waals surface area contributed by atoms with E-state index in [9.17, 15) is 9.67 Å². The molecule has 2 unspecified atom stereocenters. The minimum atomic E-state index is -4.47. The van der Waals surface area contributed by atoms with Gasteiger partial charge in [-0.3, -0.25) is 4.57 Å². The molecular formula is C7H10BrO4P. The smallest absolute Gasteiger partial charge is 0.355 e. The lowest BCUT2D eigenvalue weighted by Crippen LogP contribution is -2.34. The second-order valence-electron chi connectivity index (χ2n) is 2.88. The van der Waals surface area contributed by atoms with Crippen LogP contribution in [-0.2, 0) is 4.57 Å². The molecule has 3 N–H and O–H groups in total. The highest BCUT2D eigenvalue weighted by Crippen LogP contribution is 2.50. The molecule has 0 radical (unpaired) electrons. The van der Waals surface area contributed by atoms with Crippen LogP contribution in [0.4, 0.5) is 0 Å². The Balaban J connectivity index is 2.88. The van der Waals surface area contributed by atoms with Crippen molar-refractivity contribution in [1.29, 1.82) is 0 Å². The van der Waals surface area contributed by atoms with Crippen LogP contribution < -0.4 is 0 Å². The van der Waals surface area contributed by atoms with Gasteiger partial charge < -0.3 is 14.9 Å². The third-order valence-electron chi connectivity index (χ3n) is 1.80. The van der Waals surface area contributed by atoms with Crippen LogP contribution >= 0.6 is 23.5 Å². The molecule has 6 heteroatoms. The lowest BCUT2D eigenvalue weighted by atomic mass is 10.0. The normalized spacial score (nSPS) is 30.5. The molecule has 2 atom stereocenters. The second-order valence-corrected chi connectivity index (χ2v) is 6.02. The monoisotopic (exact) mass is 268 g/mol. The topological polar surface area (TPSA) is 77.8 Å². The van der Waals surface area contributed by atoms with Crippen LogP contribution in [0.3, 0.4) is 0 Å². The van der Waals surface area contributed by atoms with Gasteiger partial charge in [0.15, 0.2) is 5.85 Å². The molecule has 0 fully saturated rings. The summed E-state index contributed by atoms with van der Waals surface area (Å²) in [6, 6.07) is 0. The molecule has 74 valence electrons. The Hall–Kier alpha value is 0.0700. The van der Waals surface area contributed by atoms with Gasteiger partial charge in [-0.2, -0.15) is 0 Å². The molecule has 0 amide bonds. The predicted molar refractivity (Wildman–Crippen MR) is 52.6 cm³/mol. The zero-order chi connectivity index (χ0) is 10.1. The van der Waals surface area contributed by atoms with Gasteiger partial charge in [0.05, 0.1) is 4.32 Å². The first-order valence-corrected chi connectivity index (χ1v) is 6.10. The molecule has 0 heterocycles. The summed E-state index contributed by atoms with van der Waals surface area (Å²) in [6.45, 7) is 0. The molecule has 0 aliphatic heterocycles. The van der Waals surface area contributed by atoms with Crippen LogP contribution in [0.15, 0.2) is 24.3 Å². The molecule has 1 aliphatic carbocycles. The maximum atomic E-state index is 10.8. The molecule has 0 saturated carbocycles. The van der Waals surface area contributed by atoms with Gasteiger partial charge in [0.1, 0.15) is 0 Å². The van der Waals surface area contributed by atoms with Gasteiger partial charge in [-0.1, -0.05) is 40.2 Å². The van der Waals surface area contributed by atoms with E-state index in [2.05, 4.69) is 15.9 Å². The van der Waals surface area contributed by atoms with Gasteiger partial charge in [0.25, 0.3) is 0 Å². The highest BCUT2D eigenvalue weighted by molar-refractivity contribution is 9.10. The summed E-state index contributed by atoms with van der Waals surface area (Å²) in [5.74, 6) is -1.71. The number of halogens is 1. The van der Waals surface area contributed by atoms with E-state index < -0.39 is 17.8 Å². The average Bonchev–Trinajstić information content (AvgIpc) is 2.03. The fourth-order valence-electron chi connectivity index (χ4n) is 1.08. The molecule has 13 heavy (non-hydrogen) atoms. The zero-order valence-corrected chi connectivity index (χ0v) is 9.15. The van der Waals surface area contributed by atoms with Crippen LogP contribution in [0.5, 0.6) is 0 Å². The Morgan fingerprint density at radius 1 is 1.46 bits per heavy atom. The van der Waals surface area contributed by atoms with Crippen molar-refractivity contribution < 1.29 is 19.5 Å². The van der Waals surface area contributed by atoms with E-state index in [0.29, 0.717) is 6.42 Å². The quantitative estimate of drug-likeness (QED) is 0.518. The number of alkyl halides is 1. The van der Waals surface area contributed by atoms with Gasteiger partial charge in [0, 0.05) is 0 Å². The van der Waals surface area contributed by atoms with E-state index in [1.165, 1.54) is 6.08 Å². The van der Waals surface area contributed by atoms with Gasteiger partial charge in [-0.25, -0.2) is 0 Å². The zero-order valence-electron chi connectivity index (χ0n) is 6.67. The summed E-state index contributed by atoms with van der Waals surface area (Å²) in [4.78, 5) is 17.6. The molecular weight excluding hydrogens is 259 g/mol. The predicted octanol–water partition coefficient (Wildman–Crippen LogP) is 1.13. The largest absolute Gasteiger partial charge is 0.379 e. The number of hydrogen-bond acceptors (Lipinski definition) is 2. The molecule has 0 spiro atoms. The molecule has 0 aromatic rings. The first-order chi connectivity index (χ1) is 5.86. The first-order valence-electron chi connectivity index (χ1n) is 3.63. The van der Waals surface area contributed by atoms with Crippen molar-refractivity contribution in [3.63, 3.8) is 0 Å². The number of aliphatic hydroxyl groups is 1. The molecule has 0 bridgehead atoms. The summed E-state index contributed by atoms with van der Waals surface area (Å²) in [5, 5.41) is 9.37. The van der Waals surface area contributed by atoms with Crippen molar-refractivity contribution in [1.82, 2.24) is 0 Å². The van der Waals surface area contributed by atoms with E-state index >= 15 is 0 Å². The van der Waals surface area contributed by atoms with Crippen LogP contribution in [0.1, 0.15) is 6.42 Å². The first kappa shape index (κ1) is 11.1. The van der Waals surface area contributed by atoms with Crippen molar-refractivity contribution in [3.05, 3.63) is 24.3 Å². The number of hydrogen-bond donors (Lipinski definition) is 3. The molecule has 0 saturated heterocycles.